The Bertz CT molecular complexity index is 1370. The molecule has 3 heterocycles. The van der Waals surface area contributed by atoms with Crippen molar-refractivity contribution >= 4 is 50.8 Å². The summed E-state index contributed by atoms with van der Waals surface area (Å²) in [5.41, 5.74) is 0.126. The molecule has 0 amide bonds. The van der Waals surface area contributed by atoms with Crippen molar-refractivity contribution in [2.75, 3.05) is 16.3 Å². The van der Waals surface area contributed by atoms with Gasteiger partial charge in [0.1, 0.15) is 0 Å². The summed E-state index contributed by atoms with van der Waals surface area (Å²) in [6, 6.07) is 0.585. The number of halogens is 8. The van der Waals surface area contributed by atoms with E-state index in [1.165, 1.54) is 24.1 Å². The van der Waals surface area contributed by atoms with Crippen LogP contribution >= 0.6 is 23.1 Å². The van der Waals surface area contributed by atoms with Crippen LogP contribution < -0.4 is 9.80 Å². The van der Waals surface area contributed by atoms with E-state index in [1.807, 2.05) is 0 Å². The standard InChI is InChI=1S/C23H23F8N7O2S2/c1-10(2)9-37(13-6-21(24,25)7-13)16-14(5-12(8-32-16)11(3)4-15(39)40)38(19-33-17(35-41-19)22(26,27)28)20-34-18(36-42-20)23(29,30)31/h5,8,10-11,13H,4,6-7,9H2,1-3H3,(H,39,40). The largest absolute Gasteiger partial charge is 0.481 e. The summed E-state index contributed by atoms with van der Waals surface area (Å²) >= 11 is 0.440. The van der Waals surface area contributed by atoms with Gasteiger partial charge in [0.15, 0.2) is 5.82 Å². The molecule has 230 valence electrons. The topological polar surface area (TPSA) is 108 Å². The van der Waals surface area contributed by atoms with Crippen molar-refractivity contribution in [3.63, 3.8) is 0 Å². The minimum absolute atomic E-state index is 0.0389. The number of pyridine rings is 1. The van der Waals surface area contributed by atoms with Crippen molar-refractivity contribution in [2.24, 2.45) is 5.92 Å². The van der Waals surface area contributed by atoms with Crippen molar-refractivity contribution in [3.05, 3.63) is 29.5 Å². The highest BCUT2D eigenvalue weighted by Gasteiger charge is 2.49. The van der Waals surface area contributed by atoms with E-state index in [2.05, 4.69) is 23.7 Å². The lowest BCUT2D eigenvalue weighted by atomic mass is 9.86. The molecule has 1 atom stereocenters. The molecule has 1 fully saturated rings. The van der Waals surface area contributed by atoms with Crippen LogP contribution in [0.25, 0.3) is 0 Å². The minimum atomic E-state index is -4.99. The number of hydrogen-bond acceptors (Lipinski definition) is 10. The summed E-state index contributed by atoms with van der Waals surface area (Å²) in [7, 11) is 0. The van der Waals surface area contributed by atoms with Gasteiger partial charge < -0.3 is 10.0 Å². The lowest BCUT2D eigenvalue weighted by Gasteiger charge is -2.45. The number of carbonyl (C=O) groups is 1. The minimum Gasteiger partial charge on any atom is -0.481 e. The van der Waals surface area contributed by atoms with Crippen LogP contribution in [0.2, 0.25) is 0 Å². The van der Waals surface area contributed by atoms with Crippen LogP contribution in [0.4, 0.5) is 56.9 Å². The predicted molar refractivity (Wildman–Crippen MR) is 137 cm³/mol. The molecule has 0 aromatic carbocycles. The van der Waals surface area contributed by atoms with Gasteiger partial charge in [-0.25, -0.2) is 13.8 Å². The number of carboxylic acid groups (broad SMARTS) is 1. The van der Waals surface area contributed by atoms with Gasteiger partial charge in [-0.3, -0.25) is 9.69 Å². The van der Waals surface area contributed by atoms with E-state index in [-0.39, 0.29) is 59.0 Å². The van der Waals surface area contributed by atoms with Crippen LogP contribution in [0.5, 0.6) is 0 Å². The van der Waals surface area contributed by atoms with E-state index >= 15 is 0 Å². The van der Waals surface area contributed by atoms with E-state index in [4.69, 9.17) is 0 Å². The van der Waals surface area contributed by atoms with Gasteiger partial charge in [-0.1, -0.05) is 20.8 Å². The molecule has 9 nitrogen and oxygen atoms in total. The van der Waals surface area contributed by atoms with Gasteiger partial charge in [-0.15, -0.1) is 0 Å². The molecular formula is C23H23F8N7O2S2. The normalized spacial score (nSPS) is 16.4. The SMILES string of the molecule is CC(C)CN(c1ncc(C(C)CC(=O)O)cc1N(c1nc(C(F)(F)F)ns1)c1nc(C(F)(F)F)ns1)C1CC(F)(F)C1. The highest BCUT2D eigenvalue weighted by atomic mass is 32.1. The van der Waals surface area contributed by atoms with Gasteiger partial charge in [0.05, 0.1) is 12.1 Å². The van der Waals surface area contributed by atoms with Gasteiger partial charge in [-0.05, 0) is 23.5 Å². The zero-order valence-electron chi connectivity index (χ0n) is 22.0. The average molecular weight is 646 g/mol. The second-order valence-electron chi connectivity index (χ2n) is 10.2. The Balaban J connectivity index is 1.96. The van der Waals surface area contributed by atoms with Gasteiger partial charge in [-0.2, -0.15) is 45.1 Å². The molecule has 1 saturated carbocycles. The van der Waals surface area contributed by atoms with E-state index < -0.39 is 71.0 Å². The zero-order valence-corrected chi connectivity index (χ0v) is 23.7. The summed E-state index contributed by atoms with van der Waals surface area (Å²) in [6.07, 6.45) is -10.1. The van der Waals surface area contributed by atoms with Crippen molar-refractivity contribution in [2.45, 2.75) is 70.3 Å². The Labute approximate surface area is 241 Å². The van der Waals surface area contributed by atoms with Gasteiger partial charge in [0.25, 0.3) is 5.92 Å². The summed E-state index contributed by atoms with van der Waals surface area (Å²) in [4.78, 5) is 25.2. The smallest absolute Gasteiger partial charge is 0.452 e. The van der Waals surface area contributed by atoms with Crippen LogP contribution in [0.1, 0.15) is 63.2 Å². The molecule has 1 aliphatic rings. The second kappa shape index (κ2) is 11.5. The second-order valence-corrected chi connectivity index (χ2v) is 11.7. The number of hydrogen-bond donors (Lipinski definition) is 1. The molecule has 3 aromatic heterocycles. The Kier molecular flexibility index (Phi) is 8.65. The molecule has 1 unspecified atom stereocenters. The molecular weight excluding hydrogens is 622 g/mol. The Morgan fingerprint density at radius 1 is 1.02 bits per heavy atom. The highest BCUT2D eigenvalue weighted by Crippen LogP contribution is 2.48. The molecule has 0 bridgehead atoms. The quantitative estimate of drug-likeness (QED) is 0.230. The number of nitrogens with zero attached hydrogens (tertiary/aromatic N) is 7. The summed E-state index contributed by atoms with van der Waals surface area (Å²) < 4.78 is 115. The van der Waals surface area contributed by atoms with E-state index in [0.29, 0.717) is 0 Å². The number of carboxylic acids is 1. The van der Waals surface area contributed by atoms with Gasteiger partial charge in [0.2, 0.25) is 21.9 Å². The number of aliphatic carboxylic acids is 1. The molecule has 0 radical (unpaired) electrons. The van der Waals surface area contributed by atoms with Crippen molar-refractivity contribution in [1.82, 2.24) is 23.7 Å². The molecule has 19 heteroatoms. The molecule has 4 rings (SSSR count). The Hall–Kier alpha value is -3.22. The highest BCUT2D eigenvalue weighted by molar-refractivity contribution is 7.12. The van der Waals surface area contributed by atoms with Crippen LogP contribution in [0, 0.1) is 5.92 Å². The van der Waals surface area contributed by atoms with Gasteiger partial charge in [0, 0.05) is 54.7 Å². The van der Waals surface area contributed by atoms with E-state index in [0.717, 1.165) is 4.90 Å². The summed E-state index contributed by atoms with van der Waals surface area (Å²) in [5, 5.41) is 8.20. The van der Waals surface area contributed by atoms with E-state index in [1.54, 1.807) is 13.8 Å². The fourth-order valence-electron chi connectivity index (χ4n) is 4.28. The number of alkyl halides is 8. The van der Waals surface area contributed by atoms with Crippen molar-refractivity contribution < 1.29 is 45.0 Å². The average Bonchev–Trinajstić information content (AvgIpc) is 3.51. The fraction of sp³-hybridized carbons (Fsp3) is 0.565. The number of aromatic nitrogens is 5. The van der Waals surface area contributed by atoms with Crippen molar-refractivity contribution in [3.8, 4) is 0 Å². The summed E-state index contributed by atoms with van der Waals surface area (Å²) in [5.74, 6) is -8.10. The third-order valence-electron chi connectivity index (χ3n) is 6.22. The Morgan fingerprint density at radius 2 is 1.55 bits per heavy atom. The first-order valence-corrected chi connectivity index (χ1v) is 13.9. The fourth-order valence-corrected chi connectivity index (χ4v) is 5.75. The summed E-state index contributed by atoms with van der Waals surface area (Å²) in [6.45, 7) is 5.29. The van der Waals surface area contributed by atoms with Gasteiger partial charge >= 0.3 is 18.3 Å². The number of rotatable bonds is 10. The molecule has 0 saturated heterocycles. The zero-order chi connectivity index (χ0) is 31.2. The maximum absolute atomic E-state index is 14.0. The van der Waals surface area contributed by atoms with Crippen molar-refractivity contribution in [1.29, 1.82) is 0 Å². The van der Waals surface area contributed by atoms with Crippen LogP contribution in [0.3, 0.4) is 0 Å². The maximum Gasteiger partial charge on any atom is 0.452 e. The maximum atomic E-state index is 14.0. The first-order chi connectivity index (χ1) is 19.4. The van der Waals surface area contributed by atoms with Crippen LogP contribution in [-0.2, 0) is 17.1 Å². The first-order valence-electron chi connectivity index (χ1n) is 12.3. The molecule has 42 heavy (non-hydrogen) atoms. The monoisotopic (exact) mass is 645 g/mol. The first kappa shape index (κ1) is 31.7. The molecule has 0 aliphatic heterocycles. The molecule has 0 spiro atoms. The molecule has 1 N–H and O–H groups in total. The van der Waals surface area contributed by atoms with E-state index in [9.17, 15) is 45.0 Å². The molecule has 1 aliphatic carbocycles. The number of anilines is 4. The lowest BCUT2D eigenvalue weighted by molar-refractivity contribution is -0.144. The third-order valence-corrected chi connectivity index (χ3v) is 7.63. The molecule has 3 aromatic rings. The predicted octanol–water partition coefficient (Wildman–Crippen LogP) is 7.13. The third kappa shape index (κ3) is 7.04. The Morgan fingerprint density at radius 3 is 1.95 bits per heavy atom. The van der Waals surface area contributed by atoms with Crippen LogP contribution in [-0.4, -0.2) is 53.3 Å². The van der Waals surface area contributed by atoms with Crippen LogP contribution in [0.15, 0.2) is 12.3 Å². The lowest BCUT2D eigenvalue weighted by Crippen LogP contribution is -2.52.